The van der Waals surface area contributed by atoms with Crippen molar-refractivity contribution < 1.29 is 27.5 Å². The molecule has 18 heavy (non-hydrogen) atoms. The van der Waals surface area contributed by atoms with Gasteiger partial charge in [0.05, 0.1) is 12.5 Å². The summed E-state index contributed by atoms with van der Waals surface area (Å²) in [4.78, 5) is 10.2. The molecule has 100 valence electrons. The molecule has 0 spiro atoms. The van der Waals surface area contributed by atoms with E-state index >= 15 is 0 Å². The Balaban J connectivity index is 2.77. The van der Waals surface area contributed by atoms with Gasteiger partial charge in [-0.05, 0) is 17.7 Å². The second-order valence-corrected chi connectivity index (χ2v) is 3.58. The first-order valence-electron chi connectivity index (χ1n) is 5.10. The van der Waals surface area contributed by atoms with Gasteiger partial charge in [-0.1, -0.05) is 6.07 Å². The number of rotatable bonds is 6. The monoisotopic (exact) mass is 265 g/mol. The first kappa shape index (κ1) is 14.4. The van der Waals surface area contributed by atoms with Crippen LogP contribution in [0.25, 0.3) is 0 Å². The maximum atomic E-state index is 12.9. The molecule has 1 aromatic carbocycles. The summed E-state index contributed by atoms with van der Waals surface area (Å²) in [5, 5.41) is 10.7. The van der Waals surface area contributed by atoms with Gasteiger partial charge in [0.1, 0.15) is 0 Å². The molecule has 0 aliphatic carbocycles. The molecule has 0 aliphatic rings. The summed E-state index contributed by atoms with van der Waals surface area (Å²) < 4.78 is 51.0. The Morgan fingerprint density at radius 2 is 1.94 bits per heavy atom. The zero-order valence-corrected chi connectivity index (χ0v) is 9.17. The number of hydrogen-bond acceptors (Lipinski definition) is 2. The fraction of sp³-hybridized carbons (Fsp3) is 0.364. The molecule has 0 fully saturated rings. The summed E-state index contributed by atoms with van der Waals surface area (Å²) in [6, 6.07) is 0.918. The van der Waals surface area contributed by atoms with Crippen molar-refractivity contribution >= 4 is 5.97 Å². The number of alkyl halides is 2. The molecule has 0 saturated heterocycles. The van der Waals surface area contributed by atoms with Crippen molar-refractivity contribution in [1.29, 1.82) is 0 Å². The smallest absolute Gasteiger partial charge is 0.304 e. The lowest BCUT2D eigenvalue weighted by atomic mass is 10.1. The third kappa shape index (κ3) is 3.99. The lowest BCUT2D eigenvalue weighted by Gasteiger charge is -2.18. The van der Waals surface area contributed by atoms with Crippen LogP contribution in [0, 0.1) is 11.6 Å². The molecule has 0 saturated carbocycles. The number of hydrogen-bond donors (Lipinski definition) is 2. The van der Waals surface area contributed by atoms with Crippen LogP contribution >= 0.6 is 0 Å². The molecular weight excluding hydrogens is 254 g/mol. The van der Waals surface area contributed by atoms with E-state index in [0.29, 0.717) is 6.07 Å². The fourth-order valence-electron chi connectivity index (χ4n) is 1.39. The quantitative estimate of drug-likeness (QED) is 0.776. The predicted molar refractivity (Wildman–Crippen MR) is 55.4 cm³/mol. The molecule has 0 aromatic heterocycles. The van der Waals surface area contributed by atoms with Gasteiger partial charge in [0, 0.05) is 6.54 Å². The SMILES string of the molecule is O=C(O)CCNC(c1ccc(F)c(F)c1)C(F)F. The highest BCUT2D eigenvalue weighted by molar-refractivity contribution is 5.66. The minimum absolute atomic E-state index is 0.130. The van der Waals surface area contributed by atoms with Gasteiger partial charge in [-0.15, -0.1) is 0 Å². The highest BCUT2D eigenvalue weighted by Gasteiger charge is 2.23. The Hall–Kier alpha value is -1.63. The lowest BCUT2D eigenvalue weighted by Crippen LogP contribution is -2.29. The van der Waals surface area contributed by atoms with Crippen LogP contribution in [0.2, 0.25) is 0 Å². The van der Waals surface area contributed by atoms with E-state index in [1.165, 1.54) is 0 Å². The number of halogens is 4. The highest BCUT2D eigenvalue weighted by atomic mass is 19.3. The van der Waals surface area contributed by atoms with Gasteiger partial charge < -0.3 is 10.4 Å². The molecule has 1 unspecified atom stereocenters. The summed E-state index contributed by atoms with van der Waals surface area (Å²) in [5.41, 5.74) is -0.130. The third-order valence-electron chi connectivity index (χ3n) is 2.26. The van der Waals surface area contributed by atoms with Crippen molar-refractivity contribution in [3.8, 4) is 0 Å². The first-order valence-corrected chi connectivity index (χ1v) is 5.10. The summed E-state index contributed by atoms with van der Waals surface area (Å²) >= 11 is 0. The average Bonchev–Trinajstić information content (AvgIpc) is 2.27. The lowest BCUT2D eigenvalue weighted by molar-refractivity contribution is -0.137. The van der Waals surface area contributed by atoms with E-state index < -0.39 is 30.1 Å². The van der Waals surface area contributed by atoms with Gasteiger partial charge in [0.15, 0.2) is 11.6 Å². The van der Waals surface area contributed by atoms with Crippen molar-refractivity contribution in [1.82, 2.24) is 5.32 Å². The highest BCUT2D eigenvalue weighted by Crippen LogP contribution is 2.22. The summed E-state index contributed by atoms with van der Waals surface area (Å²) in [6.45, 7) is -0.191. The Morgan fingerprint density at radius 3 is 2.44 bits per heavy atom. The van der Waals surface area contributed by atoms with Crippen LogP contribution in [0.15, 0.2) is 18.2 Å². The number of nitrogens with one attached hydrogen (secondary N) is 1. The van der Waals surface area contributed by atoms with E-state index in [-0.39, 0.29) is 18.5 Å². The Labute approximate surface area is 100 Å². The molecule has 2 N–H and O–H groups in total. The molecular formula is C11H11F4NO2. The van der Waals surface area contributed by atoms with E-state index in [0.717, 1.165) is 12.1 Å². The number of carboxylic acid groups (broad SMARTS) is 1. The van der Waals surface area contributed by atoms with Crippen LogP contribution in [-0.2, 0) is 4.79 Å². The molecule has 0 bridgehead atoms. The van der Waals surface area contributed by atoms with Gasteiger partial charge in [0.25, 0.3) is 6.43 Å². The van der Waals surface area contributed by atoms with Crippen molar-refractivity contribution in [2.24, 2.45) is 0 Å². The van der Waals surface area contributed by atoms with E-state index in [4.69, 9.17) is 5.11 Å². The van der Waals surface area contributed by atoms with Crippen molar-refractivity contribution in [3.63, 3.8) is 0 Å². The van der Waals surface area contributed by atoms with Crippen LogP contribution in [0.4, 0.5) is 17.6 Å². The molecule has 0 aliphatic heterocycles. The van der Waals surface area contributed by atoms with Crippen LogP contribution in [-0.4, -0.2) is 24.0 Å². The van der Waals surface area contributed by atoms with E-state index in [9.17, 15) is 22.4 Å². The van der Waals surface area contributed by atoms with Gasteiger partial charge >= 0.3 is 5.97 Å². The third-order valence-corrected chi connectivity index (χ3v) is 2.26. The van der Waals surface area contributed by atoms with Crippen LogP contribution in [0.1, 0.15) is 18.0 Å². The van der Waals surface area contributed by atoms with E-state index in [1.807, 2.05) is 0 Å². The molecule has 7 heteroatoms. The number of benzene rings is 1. The zero-order chi connectivity index (χ0) is 13.7. The summed E-state index contributed by atoms with van der Waals surface area (Å²) in [7, 11) is 0. The van der Waals surface area contributed by atoms with Crippen molar-refractivity contribution in [2.75, 3.05) is 6.54 Å². The standard InChI is InChI=1S/C11H11F4NO2/c12-7-2-1-6(5-8(7)13)10(11(14)15)16-4-3-9(17)18/h1-2,5,10-11,16H,3-4H2,(H,17,18). The molecule has 3 nitrogen and oxygen atoms in total. The molecule has 1 rings (SSSR count). The number of aliphatic carboxylic acids is 1. The molecule has 0 amide bonds. The van der Waals surface area contributed by atoms with Crippen LogP contribution in [0.5, 0.6) is 0 Å². The Morgan fingerprint density at radius 1 is 1.28 bits per heavy atom. The molecule has 1 atom stereocenters. The van der Waals surface area contributed by atoms with E-state index in [1.54, 1.807) is 0 Å². The predicted octanol–water partition coefficient (Wildman–Crippen LogP) is 2.34. The van der Waals surface area contributed by atoms with E-state index in [2.05, 4.69) is 5.32 Å². The Kier molecular flexibility index (Phi) is 5.08. The topological polar surface area (TPSA) is 49.3 Å². The minimum Gasteiger partial charge on any atom is -0.481 e. The summed E-state index contributed by atoms with van der Waals surface area (Å²) in [5.74, 6) is -3.49. The number of carboxylic acids is 1. The van der Waals surface area contributed by atoms with Gasteiger partial charge in [-0.25, -0.2) is 17.6 Å². The largest absolute Gasteiger partial charge is 0.481 e. The van der Waals surface area contributed by atoms with Gasteiger partial charge in [0.2, 0.25) is 0 Å². The second-order valence-electron chi connectivity index (χ2n) is 3.58. The molecule has 1 aromatic rings. The second kappa shape index (κ2) is 6.34. The van der Waals surface area contributed by atoms with Crippen LogP contribution < -0.4 is 5.32 Å². The normalized spacial score (nSPS) is 12.7. The molecule has 0 heterocycles. The van der Waals surface area contributed by atoms with Gasteiger partial charge in [-0.3, -0.25) is 4.79 Å². The van der Waals surface area contributed by atoms with Crippen LogP contribution in [0.3, 0.4) is 0 Å². The maximum absolute atomic E-state index is 12.9. The average molecular weight is 265 g/mol. The summed E-state index contributed by atoms with van der Waals surface area (Å²) in [6.07, 6.45) is -3.20. The number of carbonyl (C=O) groups is 1. The van der Waals surface area contributed by atoms with Crippen molar-refractivity contribution in [3.05, 3.63) is 35.4 Å². The first-order chi connectivity index (χ1) is 8.41. The molecule has 0 radical (unpaired) electrons. The fourth-order valence-corrected chi connectivity index (χ4v) is 1.39. The Bertz CT molecular complexity index is 426. The van der Waals surface area contributed by atoms with Crippen molar-refractivity contribution in [2.45, 2.75) is 18.9 Å². The maximum Gasteiger partial charge on any atom is 0.304 e. The minimum atomic E-state index is -2.86. The zero-order valence-electron chi connectivity index (χ0n) is 9.17. The van der Waals surface area contributed by atoms with Gasteiger partial charge in [-0.2, -0.15) is 0 Å².